The van der Waals surface area contributed by atoms with E-state index in [4.69, 9.17) is 6.57 Å². The predicted molar refractivity (Wildman–Crippen MR) is 48.1 cm³/mol. The molecule has 0 aliphatic rings. The molecule has 0 fully saturated rings. The van der Waals surface area contributed by atoms with E-state index in [1.807, 2.05) is 0 Å². The zero-order valence-corrected chi connectivity index (χ0v) is 7.37. The first-order valence-corrected chi connectivity index (χ1v) is 4.07. The van der Waals surface area contributed by atoms with Crippen LogP contribution in [0.3, 0.4) is 0 Å². The molecule has 0 radical (unpaired) electrons. The Morgan fingerprint density at radius 1 is 1.36 bits per heavy atom. The van der Waals surface area contributed by atoms with Gasteiger partial charge in [-0.3, -0.25) is 0 Å². The average Bonchev–Trinajstić information content (AvgIpc) is 2.15. The Bertz CT molecular complexity index is 357. The lowest BCUT2D eigenvalue weighted by Crippen LogP contribution is -2.14. The summed E-state index contributed by atoms with van der Waals surface area (Å²) in [5.41, 5.74) is -0.413. The maximum absolute atomic E-state index is 13.3. The molecule has 14 heavy (non-hydrogen) atoms. The smallest absolute Gasteiger partial charge is 0.283 e. The Morgan fingerprint density at radius 3 is 2.57 bits per heavy atom. The minimum Gasteiger partial charge on any atom is -0.507 e. The number of para-hydroxylation sites is 1. The third kappa shape index (κ3) is 2.19. The van der Waals surface area contributed by atoms with Crippen molar-refractivity contribution in [2.75, 3.05) is 6.54 Å². The van der Waals surface area contributed by atoms with Crippen molar-refractivity contribution in [2.45, 2.75) is 12.3 Å². The van der Waals surface area contributed by atoms with Crippen molar-refractivity contribution in [3.05, 3.63) is 41.2 Å². The lowest BCUT2D eigenvalue weighted by Gasteiger charge is -2.14. The van der Waals surface area contributed by atoms with Gasteiger partial charge in [-0.25, -0.2) is 15.4 Å². The molecule has 74 valence electrons. The fourth-order valence-electron chi connectivity index (χ4n) is 1.11. The van der Waals surface area contributed by atoms with Crippen molar-refractivity contribution < 1.29 is 13.9 Å². The van der Waals surface area contributed by atoms with E-state index >= 15 is 0 Å². The van der Waals surface area contributed by atoms with Crippen LogP contribution in [0.1, 0.15) is 12.0 Å². The topological polar surface area (TPSA) is 24.6 Å². The van der Waals surface area contributed by atoms with E-state index in [9.17, 15) is 13.9 Å². The summed E-state index contributed by atoms with van der Waals surface area (Å²) in [5.74, 6) is -3.56. The van der Waals surface area contributed by atoms with E-state index < -0.39 is 23.7 Å². The highest BCUT2D eigenvalue weighted by molar-refractivity contribution is 5.35. The van der Waals surface area contributed by atoms with Gasteiger partial charge in [0.15, 0.2) is 0 Å². The van der Waals surface area contributed by atoms with Crippen LogP contribution in [0.4, 0.5) is 8.78 Å². The van der Waals surface area contributed by atoms with Crippen LogP contribution in [0.15, 0.2) is 24.3 Å². The summed E-state index contributed by atoms with van der Waals surface area (Å²) in [4.78, 5) is 2.86. The number of hydrogen-bond donors (Lipinski definition) is 1. The first-order valence-electron chi connectivity index (χ1n) is 4.07. The van der Waals surface area contributed by atoms with Gasteiger partial charge in [0.1, 0.15) is 5.75 Å². The van der Waals surface area contributed by atoms with Gasteiger partial charge in [-0.05, 0) is 12.1 Å². The van der Waals surface area contributed by atoms with Crippen molar-refractivity contribution in [2.24, 2.45) is 0 Å². The van der Waals surface area contributed by atoms with E-state index in [1.165, 1.54) is 24.3 Å². The van der Waals surface area contributed by atoms with Gasteiger partial charge in [0.25, 0.3) is 5.92 Å². The van der Waals surface area contributed by atoms with Crippen molar-refractivity contribution in [3.63, 3.8) is 0 Å². The second-order valence-electron chi connectivity index (χ2n) is 2.85. The van der Waals surface area contributed by atoms with Crippen LogP contribution < -0.4 is 0 Å². The Labute approximate surface area is 80.6 Å². The SMILES string of the molecule is [C-]#[N+]CCC(F)(F)c1ccccc1O. The third-order valence-corrected chi connectivity index (χ3v) is 1.84. The lowest BCUT2D eigenvalue weighted by molar-refractivity contribution is -0.0110. The second kappa shape index (κ2) is 4.05. The number of phenolic OH excluding ortho intramolecular Hbond substituents is 1. The number of phenols is 1. The molecule has 4 heteroatoms. The van der Waals surface area contributed by atoms with Crippen LogP contribution >= 0.6 is 0 Å². The molecule has 0 amide bonds. The summed E-state index contributed by atoms with van der Waals surface area (Å²) < 4.78 is 26.6. The number of halogens is 2. The van der Waals surface area contributed by atoms with Crippen LogP contribution in [-0.2, 0) is 5.92 Å². The predicted octanol–water partition coefficient (Wildman–Crippen LogP) is 2.79. The first kappa shape index (κ1) is 10.5. The van der Waals surface area contributed by atoms with Crippen LogP contribution in [0.2, 0.25) is 0 Å². The van der Waals surface area contributed by atoms with Crippen LogP contribution in [0.5, 0.6) is 5.75 Å². The molecule has 1 N–H and O–H groups in total. The molecule has 0 spiro atoms. The Balaban J connectivity index is 2.92. The maximum Gasteiger partial charge on any atom is 0.283 e. The highest BCUT2D eigenvalue weighted by Crippen LogP contribution is 2.36. The monoisotopic (exact) mass is 197 g/mol. The van der Waals surface area contributed by atoms with Crippen molar-refractivity contribution in [3.8, 4) is 5.75 Å². The third-order valence-electron chi connectivity index (χ3n) is 1.84. The molecule has 0 aliphatic heterocycles. The molecule has 0 atom stereocenters. The van der Waals surface area contributed by atoms with Crippen LogP contribution in [0, 0.1) is 6.57 Å². The summed E-state index contributed by atoms with van der Waals surface area (Å²) in [6, 6.07) is 5.28. The molecule has 1 rings (SSSR count). The van der Waals surface area contributed by atoms with Gasteiger partial charge in [0.2, 0.25) is 6.54 Å². The summed E-state index contributed by atoms with van der Waals surface area (Å²) in [6.07, 6.45) is -0.561. The average molecular weight is 197 g/mol. The highest BCUT2D eigenvalue weighted by Gasteiger charge is 2.34. The Hall–Kier alpha value is -1.63. The van der Waals surface area contributed by atoms with Crippen molar-refractivity contribution in [1.82, 2.24) is 0 Å². The number of alkyl halides is 2. The van der Waals surface area contributed by atoms with E-state index in [1.54, 1.807) is 0 Å². The van der Waals surface area contributed by atoms with Gasteiger partial charge in [-0.2, -0.15) is 0 Å². The highest BCUT2D eigenvalue weighted by atomic mass is 19.3. The Kier molecular flexibility index (Phi) is 3.03. The fraction of sp³-hybridized carbons (Fsp3) is 0.300. The minimum atomic E-state index is -3.13. The molecular weight excluding hydrogens is 188 g/mol. The lowest BCUT2D eigenvalue weighted by atomic mass is 10.0. The van der Waals surface area contributed by atoms with Gasteiger partial charge >= 0.3 is 0 Å². The number of aromatic hydroxyl groups is 1. The molecule has 0 saturated heterocycles. The fourth-order valence-corrected chi connectivity index (χ4v) is 1.11. The van der Waals surface area contributed by atoms with E-state index in [0.717, 1.165) is 0 Å². The second-order valence-corrected chi connectivity index (χ2v) is 2.85. The summed E-state index contributed by atoms with van der Waals surface area (Å²) >= 11 is 0. The van der Waals surface area contributed by atoms with E-state index in [2.05, 4.69) is 4.85 Å². The molecule has 1 aromatic carbocycles. The molecule has 2 nitrogen and oxygen atoms in total. The summed E-state index contributed by atoms with van der Waals surface area (Å²) in [5, 5.41) is 9.19. The van der Waals surface area contributed by atoms with E-state index in [0.29, 0.717) is 0 Å². The van der Waals surface area contributed by atoms with Crippen molar-refractivity contribution >= 4 is 0 Å². The molecular formula is C10H9F2NO. The van der Waals surface area contributed by atoms with Crippen LogP contribution in [0.25, 0.3) is 4.85 Å². The van der Waals surface area contributed by atoms with Crippen LogP contribution in [-0.4, -0.2) is 11.7 Å². The zero-order chi connectivity index (χ0) is 10.6. The maximum atomic E-state index is 13.3. The normalized spacial score (nSPS) is 10.9. The Morgan fingerprint density at radius 2 is 2.00 bits per heavy atom. The summed E-state index contributed by atoms with van der Waals surface area (Å²) in [6.45, 7) is 6.18. The zero-order valence-electron chi connectivity index (χ0n) is 7.37. The van der Waals surface area contributed by atoms with Gasteiger partial charge in [-0.15, -0.1) is 0 Å². The largest absolute Gasteiger partial charge is 0.507 e. The molecule has 0 aliphatic carbocycles. The number of rotatable bonds is 3. The molecule has 0 bridgehead atoms. The molecule has 0 aromatic heterocycles. The molecule has 0 unspecified atom stereocenters. The van der Waals surface area contributed by atoms with Gasteiger partial charge in [-0.1, -0.05) is 12.1 Å². The molecule has 0 heterocycles. The van der Waals surface area contributed by atoms with Gasteiger partial charge < -0.3 is 9.95 Å². The molecule has 0 saturated carbocycles. The first-order chi connectivity index (χ1) is 6.58. The number of nitrogens with zero attached hydrogens (tertiary/aromatic N) is 1. The minimum absolute atomic E-state index is 0.249. The van der Waals surface area contributed by atoms with Crippen molar-refractivity contribution in [1.29, 1.82) is 0 Å². The number of benzene rings is 1. The quantitative estimate of drug-likeness (QED) is 0.740. The summed E-state index contributed by atoms with van der Waals surface area (Å²) in [7, 11) is 0. The van der Waals surface area contributed by atoms with Gasteiger partial charge in [0, 0.05) is 0 Å². The van der Waals surface area contributed by atoms with Gasteiger partial charge in [0.05, 0.1) is 12.0 Å². The standard InChI is InChI=1S/C10H9F2NO/c1-13-7-6-10(11,12)8-4-2-3-5-9(8)14/h2-5,14H,6-7H2. The van der Waals surface area contributed by atoms with E-state index in [-0.39, 0.29) is 6.54 Å². The molecule has 1 aromatic rings. The number of hydrogen-bond acceptors (Lipinski definition) is 1.